The molecule has 0 atom stereocenters. The van der Waals surface area contributed by atoms with Crippen LogP contribution >= 0.6 is 15.9 Å². The first-order valence-electron chi connectivity index (χ1n) is 8.20. The van der Waals surface area contributed by atoms with Crippen molar-refractivity contribution < 1.29 is 9.59 Å². The maximum absolute atomic E-state index is 12.4. The number of benzene rings is 1. The van der Waals surface area contributed by atoms with E-state index in [0.29, 0.717) is 18.9 Å². The maximum Gasteiger partial charge on any atom is 0.224 e. The van der Waals surface area contributed by atoms with E-state index >= 15 is 0 Å². The van der Waals surface area contributed by atoms with Gasteiger partial charge in [-0.05, 0) is 59.3 Å². The molecule has 0 N–H and O–H groups in total. The minimum atomic E-state index is -0.0466. The predicted octanol–water partition coefficient (Wildman–Crippen LogP) is 3.76. The van der Waals surface area contributed by atoms with Crippen LogP contribution in [0.4, 0.5) is 5.69 Å². The molecule has 0 aliphatic carbocycles. The molecule has 0 unspecified atom stereocenters. The van der Waals surface area contributed by atoms with Gasteiger partial charge in [0.1, 0.15) is 0 Å². The van der Waals surface area contributed by atoms with Crippen molar-refractivity contribution in [2.24, 2.45) is 5.92 Å². The average molecular weight is 381 g/mol. The predicted molar refractivity (Wildman–Crippen MR) is 96.5 cm³/mol. The maximum atomic E-state index is 12.4. The molecule has 2 rings (SSSR count). The number of halogens is 1. The molecule has 1 aliphatic heterocycles. The lowest BCUT2D eigenvalue weighted by Crippen LogP contribution is -2.40. The molecule has 2 amide bonds. The highest BCUT2D eigenvalue weighted by Crippen LogP contribution is 2.28. The minimum absolute atomic E-state index is 0.0466. The fourth-order valence-corrected chi connectivity index (χ4v) is 3.61. The summed E-state index contributed by atoms with van der Waals surface area (Å²) in [4.78, 5) is 28.0. The summed E-state index contributed by atoms with van der Waals surface area (Å²) in [5, 5.41) is 0. The smallest absolute Gasteiger partial charge is 0.224 e. The van der Waals surface area contributed by atoms with Crippen molar-refractivity contribution in [3.63, 3.8) is 0 Å². The SMILES string of the molecule is CC(=O)N(CCC(=O)N1CCC(C)CC1)c1ccc(C)cc1Br. The van der Waals surface area contributed by atoms with Crippen molar-refractivity contribution in [3.8, 4) is 0 Å². The lowest BCUT2D eigenvalue weighted by Gasteiger charge is -2.31. The van der Waals surface area contributed by atoms with Gasteiger partial charge in [0, 0.05) is 37.5 Å². The number of hydrogen-bond donors (Lipinski definition) is 0. The first-order chi connectivity index (χ1) is 10.9. The van der Waals surface area contributed by atoms with E-state index in [1.165, 1.54) is 0 Å². The number of amides is 2. The number of carbonyl (C=O) groups is 2. The first-order valence-corrected chi connectivity index (χ1v) is 9.00. The van der Waals surface area contributed by atoms with Gasteiger partial charge < -0.3 is 9.80 Å². The molecular weight excluding hydrogens is 356 g/mol. The molecule has 1 aromatic carbocycles. The van der Waals surface area contributed by atoms with E-state index in [2.05, 4.69) is 22.9 Å². The molecule has 0 radical (unpaired) electrons. The molecule has 5 heteroatoms. The van der Waals surface area contributed by atoms with Crippen LogP contribution in [0.15, 0.2) is 22.7 Å². The number of rotatable bonds is 4. The number of piperidine rings is 1. The number of carbonyl (C=O) groups excluding carboxylic acids is 2. The topological polar surface area (TPSA) is 40.6 Å². The van der Waals surface area contributed by atoms with Crippen molar-refractivity contribution in [2.75, 3.05) is 24.5 Å². The molecule has 4 nitrogen and oxygen atoms in total. The summed E-state index contributed by atoms with van der Waals surface area (Å²) in [6.45, 7) is 7.88. The molecule has 0 aromatic heterocycles. The first kappa shape index (κ1) is 18.0. The third kappa shape index (κ3) is 4.80. The highest BCUT2D eigenvalue weighted by molar-refractivity contribution is 9.10. The molecule has 0 spiro atoms. The van der Waals surface area contributed by atoms with Gasteiger partial charge in [0.05, 0.1) is 5.69 Å². The number of aryl methyl sites for hydroxylation is 1. The zero-order chi connectivity index (χ0) is 17.0. The Labute approximate surface area is 147 Å². The van der Waals surface area contributed by atoms with Gasteiger partial charge in [-0.25, -0.2) is 0 Å². The number of nitrogens with zero attached hydrogens (tertiary/aromatic N) is 2. The van der Waals surface area contributed by atoms with E-state index < -0.39 is 0 Å². The van der Waals surface area contributed by atoms with Crippen LogP contribution in [0.3, 0.4) is 0 Å². The quantitative estimate of drug-likeness (QED) is 0.797. The largest absolute Gasteiger partial charge is 0.343 e. The number of anilines is 1. The van der Waals surface area contributed by atoms with Crippen LogP contribution in [0.1, 0.15) is 38.7 Å². The van der Waals surface area contributed by atoms with Gasteiger partial charge in [-0.2, -0.15) is 0 Å². The molecule has 1 aromatic rings. The third-order valence-corrected chi connectivity index (χ3v) is 5.09. The van der Waals surface area contributed by atoms with E-state index in [1.54, 1.807) is 11.8 Å². The van der Waals surface area contributed by atoms with Crippen molar-refractivity contribution in [1.82, 2.24) is 4.90 Å². The summed E-state index contributed by atoms with van der Waals surface area (Å²) in [6.07, 6.45) is 2.52. The fraction of sp³-hybridized carbons (Fsp3) is 0.556. The van der Waals surface area contributed by atoms with E-state index in [0.717, 1.165) is 41.7 Å². The van der Waals surface area contributed by atoms with Crippen LogP contribution in [0, 0.1) is 12.8 Å². The molecule has 23 heavy (non-hydrogen) atoms. The van der Waals surface area contributed by atoms with Crippen molar-refractivity contribution >= 4 is 33.4 Å². The van der Waals surface area contributed by atoms with Crippen LogP contribution in [0.25, 0.3) is 0 Å². The van der Waals surface area contributed by atoms with Gasteiger partial charge in [-0.1, -0.05) is 13.0 Å². The van der Waals surface area contributed by atoms with Gasteiger partial charge in [0.25, 0.3) is 0 Å². The Hall–Kier alpha value is -1.36. The molecule has 1 aliphatic rings. The standard InChI is InChI=1S/C18H25BrN2O2/c1-13-6-9-20(10-7-13)18(23)8-11-21(15(3)22)17-5-4-14(2)12-16(17)19/h4-5,12-13H,6-11H2,1-3H3. The van der Waals surface area contributed by atoms with Crippen LogP contribution in [-0.4, -0.2) is 36.3 Å². The van der Waals surface area contributed by atoms with Gasteiger partial charge >= 0.3 is 0 Å². The normalized spacial score (nSPS) is 15.6. The van der Waals surface area contributed by atoms with Crippen molar-refractivity contribution in [2.45, 2.75) is 40.0 Å². The Balaban J connectivity index is 2.00. The third-order valence-electron chi connectivity index (χ3n) is 4.46. The minimum Gasteiger partial charge on any atom is -0.343 e. The Bertz CT molecular complexity index is 580. The summed E-state index contributed by atoms with van der Waals surface area (Å²) in [6, 6.07) is 5.89. The summed E-state index contributed by atoms with van der Waals surface area (Å²) in [5.41, 5.74) is 1.95. The number of hydrogen-bond acceptors (Lipinski definition) is 2. The Morgan fingerprint density at radius 2 is 1.96 bits per heavy atom. The average Bonchev–Trinajstić information content (AvgIpc) is 2.49. The second kappa shape index (κ2) is 7.95. The molecule has 1 saturated heterocycles. The van der Waals surface area contributed by atoms with Crippen LogP contribution < -0.4 is 4.90 Å². The molecule has 126 valence electrons. The summed E-state index contributed by atoms with van der Waals surface area (Å²) in [5.74, 6) is 0.803. The summed E-state index contributed by atoms with van der Waals surface area (Å²) < 4.78 is 0.881. The highest BCUT2D eigenvalue weighted by Gasteiger charge is 2.22. The lowest BCUT2D eigenvalue weighted by molar-refractivity contribution is -0.132. The van der Waals surface area contributed by atoms with Gasteiger partial charge in [0.15, 0.2) is 0 Å². The summed E-state index contributed by atoms with van der Waals surface area (Å²) >= 11 is 3.52. The lowest BCUT2D eigenvalue weighted by atomic mass is 9.99. The van der Waals surface area contributed by atoms with Crippen LogP contribution in [-0.2, 0) is 9.59 Å². The zero-order valence-electron chi connectivity index (χ0n) is 14.1. The van der Waals surface area contributed by atoms with Crippen molar-refractivity contribution in [3.05, 3.63) is 28.2 Å². The van der Waals surface area contributed by atoms with Gasteiger partial charge in [-0.15, -0.1) is 0 Å². The van der Waals surface area contributed by atoms with Crippen LogP contribution in [0.2, 0.25) is 0 Å². The van der Waals surface area contributed by atoms with Crippen molar-refractivity contribution in [1.29, 1.82) is 0 Å². The second-order valence-electron chi connectivity index (χ2n) is 6.44. The Kier molecular flexibility index (Phi) is 6.22. The van der Waals surface area contributed by atoms with E-state index in [4.69, 9.17) is 0 Å². The van der Waals surface area contributed by atoms with Gasteiger partial charge in [0.2, 0.25) is 11.8 Å². The monoisotopic (exact) mass is 380 g/mol. The second-order valence-corrected chi connectivity index (χ2v) is 7.29. The molecule has 0 saturated carbocycles. The van der Waals surface area contributed by atoms with E-state index in [-0.39, 0.29) is 11.8 Å². The number of likely N-dealkylation sites (tertiary alicyclic amines) is 1. The highest BCUT2D eigenvalue weighted by atomic mass is 79.9. The fourth-order valence-electron chi connectivity index (χ4n) is 2.90. The van der Waals surface area contributed by atoms with Gasteiger partial charge in [-0.3, -0.25) is 9.59 Å². The zero-order valence-corrected chi connectivity index (χ0v) is 15.7. The van der Waals surface area contributed by atoms with E-state index in [1.807, 2.05) is 30.0 Å². The Morgan fingerprint density at radius 3 is 2.52 bits per heavy atom. The molecular formula is C18H25BrN2O2. The molecule has 0 bridgehead atoms. The molecule has 1 heterocycles. The summed E-state index contributed by atoms with van der Waals surface area (Å²) in [7, 11) is 0. The molecule has 1 fully saturated rings. The van der Waals surface area contributed by atoms with Crippen LogP contribution in [0.5, 0.6) is 0 Å². The Morgan fingerprint density at radius 1 is 1.30 bits per heavy atom. The van der Waals surface area contributed by atoms with E-state index in [9.17, 15) is 9.59 Å².